The van der Waals surface area contributed by atoms with Gasteiger partial charge in [-0.15, -0.1) is 0 Å². The van der Waals surface area contributed by atoms with Crippen molar-refractivity contribution in [1.29, 1.82) is 0 Å². The maximum atomic E-state index is 10.3. The number of aliphatic hydroxyl groups is 1. The Hall–Kier alpha value is -1.76. The highest BCUT2D eigenvalue weighted by Gasteiger charge is 2.40. The van der Waals surface area contributed by atoms with E-state index < -0.39 is 46.6 Å². The quantitative estimate of drug-likeness (QED) is 0.301. The maximum Gasteiger partial charge on any atom is 0.336 e. The molecule has 0 heterocycles. The lowest BCUT2D eigenvalue weighted by molar-refractivity contribution is -0.170. The van der Waals surface area contributed by atoms with Crippen molar-refractivity contribution in [1.82, 2.24) is 0 Å². The van der Waals surface area contributed by atoms with Crippen LogP contribution in [0.3, 0.4) is 0 Å². The van der Waals surface area contributed by atoms with Crippen molar-refractivity contribution in [3.63, 3.8) is 0 Å². The molecule has 0 radical (unpaired) electrons. The van der Waals surface area contributed by atoms with E-state index in [1.54, 1.807) is 0 Å². The molecule has 0 aromatic carbocycles. The number of nitrogens with two attached hydrogens (primary N) is 2. The second kappa shape index (κ2) is 6.85. The number of carboxylic acids is 3. The van der Waals surface area contributed by atoms with Crippen LogP contribution in [-0.4, -0.2) is 52.4 Å². The Balaban J connectivity index is 0. The van der Waals surface area contributed by atoms with Crippen molar-refractivity contribution in [2.45, 2.75) is 18.4 Å². The van der Waals surface area contributed by atoms with Crippen LogP contribution in [0.4, 0.5) is 0 Å². The summed E-state index contributed by atoms with van der Waals surface area (Å²) in [4.78, 5) is 30.5. The standard InChI is InChI=1S/C6H8O7.H4N2O2S/c7-3(8)1-6(13,5(11)12)2-4(9)10;1-5(2,3)4/h13H,1-2H2,(H,7,8)(H,9,10)(H,11,12);(H4,1,2,3,4). The zero-order valence-corrected chi connectivity index (χ0v) is 9.62. The summed E-state index contributed by atoms with van der Waals surface area (Å²) in [5, 5.41) is 42.0. The van der Waals surface area contributed by atoms with Crippen LogP contribution in [0.15, 0.2) is 0 Å². The van der Waals surface area contributed by atoms with E-state index >= 15 is 0 Å². The van der Waals surface area contributed by atoms with Gasteiger partial charge in [0, 0.05) is 0 Å². The highest BCUT2D eigenvalue weighted by molar-refractivity contribution is 7.86. The zero-order chi connectivity index (χ0) is 15.1. The summed E-state index contributed by atoms with van der Waals surface area (Å²) in [5.74, 6) is -5.02. The monoisotopic (exact) mass is 288 g/mol. The van der Waals surface area contributed by atoms with Crippen LogP contribution in [-0.2, 0) is 24.6 Å². The number of aliphatic carboxylic acids is 3. The first-order chi connectivity index (χ1) is 7.78. The first-order valence-electron chi connectivity index (χ1n) is 3.98. The predicted octanol–water partition coefficient (Wildman–Crippen LogP) is -3.10. The summed E-state index contributed by atoms with van der Waals surface area (Å²) in [6.07, 6.45) is -2.29. The smallest absolute Gasteiger partial charge is 0.336 e. The van der Waals surface area contributed by atoms with Gasteiger partial charge in [-0.25, -0.2) is 15.1 Å². The van der Waals surface area contributed by atoms with Crippen LogP contribution in [0.25, 0.3) is 0 Å². The Morgan fingerprint density at radius 2 is 1.17 bits per heavy atom. The lowest BCUT2D eigenvalue weighted by atomic mass is 9.96. The number of rotatable bonds is 5. The van der Waals surface area contributed by atoms with Crippen molar-refractivity contribution >= 4 is 28.1 Å². The Bertz CT molecular complexity index is 404. The fraction of sp³-hybridized carbons (Fsp3) is 0.500. The Morgan fingerprint density at radius 1 is 0.944 bits per heavy atom. The molecule has 0 unspecified atom stereocenters. The normalized spacial score (nSPS) is 11.1. The molecule has 0 aliphatic rings. The van der Waals surface area contributed by atoms with Gasteiger partial charge in [-0.3, -0.25) is 9.59 Å². The van der Waals surface area contributed by atoms with E-state index in [2.05, 4.69) is 10.3 Å². The Labute approximate surface area is 101 Å². The highest BCUT2D eigenvalue weighted by Crippen LogP contribution is 2.15. The van der Waals surface area contributed by atoms with Gasteiger partial charge in [0.1, 0.15) is 0 Å². The van der Waals surface area contributed by atoms with Crippen LogP contribution in [0.1, 0.15) is 12.8 Å². The number of hydrogen-bond acceptors (Lipinski definition) is 6. The van der Waals surface area contributed by atoms with Gasteiger partial charge in [0.25, 0.3) is 10.2 Å². The van der Waals surface area contributed by atoms with Gasteiger partial charge in [0.05, 0.1) is 12.8 Å². The minimum absolute atomic E-state index is 1.14. The first kappa shape index (κ1) is 18.6. The topological polar surface area (TPSA) is 218 Å². The zero-order valence-electron chi connectivity index (χ0n) is 8.81. The Morgan fingerprint density at radius 3 is 1.28 bits per heavy atom. The van der Waals surface area contributed by atoms with Gasteiger partial charge in [0.15, 0.2) is 5.60 Å². The third-order valence-electron chi connectivity index (χ3n) is 1.29. The molecule has 0 spiro atoms. The van der Waals surface area contributed by atoms with Gasteiger partial charge >= 0.3 is 17.9 Å². The molecule has 0 saturated carbocycles. The van der Waals surface area contributed by atoms with Crippen LogP contribution in [0.2, 0.25) is 0 Å². The van der Waals surface area contributed by atoms with Crippen LogP contribution in [0.5, 0.6) is 0 Å². The van der Waals surface area contributed by atoms with Crippen molar-refractivity contribution in [3.8, 4) is 0 Å². The molecule has 0 rings (SSSR count). The lowest BCUT2D eigenvalue weighted by Crippen LogP contribution is -2.42. The molecule has 0 fully saturated rings. The number of hydrogen-bond donors (Lipinski definition) is 6. The van der Waals surface area contributed by atoms with Gasteiger partial charge in [-0.05, 0) is 0 Å². The molecule has 0 saturated heterocycles. The number of carbonyl (C=O) groups is 3. The van der Waals surface area contributed by atoms with Gasteiger partial charge < -0.3 is 20.4 Å². The van der Waals surface area contributed by atoms with Crippen LogP contribution in [0, 0.1) is 0 Å². The molecule has 18 heavy (non-hydrogen) atoms. The summed E-state index contributed by atoms with van der Waals surface area (Å²) in [6, 6.07) is 0. The molecular formula is C6H12N2O9S. The molecule has 8 N–H and O–H groups in total. The molecule has 0 aliphatic heterocycles. The average molecular weight is 288 g/mol. The molecule has 106 valence electrons. The summed E-state index contributed by atoms with van der Waals surface area (Å²) < 4.78 is 18.4. The van der Waals surface area contributed by atoms with E-state index in [1.165, 1.54) is 0 Å². The second-order valence-electron chi connectivity index (χ2n) is 3.07. The molecule has 12 heteroatoms. The summed E-state index contributed by atoms with van der Waals surface area (Å²) >= 11 is 0. The molecule has 0 aliphatic carbocycles. The van der Waals surface area contributed by atoms with E-state index in [0.717, 1.165) is 0 Å². The minimum atomic E-state index is -3.67. The SMILES string of the molecule is NS(N)(=O)=O.O=C(O)CC(O)(CC(=O)O)C(=O)O. The van der Waals surface area contributed by atoms with E-state index in [-0.39, 0.29) is 0 Å². The van der Waals surface area contributed by atoms with Crippen LogP contribution < -0.4 is 10.3 Å². The largest absolute Gasteiger partial charge is 0.481 e. The average Bonchev–Trinajstić information content (AvgIpc) is 1.95. The molecule has 0 atom stereocenters. The molecule has 0 amide bonds. The second-order valence-corrected chi connectivity index (χ2v) is 4.24. The molecule has 0 aromatic rings. The van der Waals surface area contributed by atoms with Gasteiger partial charge in [-0.1, -0.05) is 0 Å². The van der Waals surface area contributed by atoms with Gasteiger partial charge in [0.2, 0.25) is 0 Å². The molecule has 0 bridgehead atoms. The van der Waals surface area contributed by atoms with Crippen molar-refractivity contribution < 1.29 is 43.2 Å². The Kier molecular flexibility index (Phi) is 7.08. The van der Waals surface area contributed by atoms with Crippen molar-refractivity contribution in [2.24, 2.45) is 10.3 Å². The lowest BCUT2D eigenvalue weighted by Gasteiger charge is -2.18. The minimum Gasteiger partial charge on any atom is -0.481 e. The third-order valence-corrected chi connectivity index (χ3v) is 1.29. The first-order valence-corrected chi connectivity index (χ1v) is 5.59. The fourth-order valence-electron chi connectivity index (χ4n) is 0.714. The summed E-state index contributed by atoms with van der Waals surface area (Å²) in [6.45, 7) is 0. The molecule has 11 nitrogen and oxygen atoms in total. The van der Waals surface area contributed by atoms with Crippen LogP contribution >= 0.6 is 0 Å². The van der Waals surface area contributed by atoms with E-state index in [4.69, 9.17) is 20.4 Å². The third kappa shape index (κ3) is 12.3. The van der Waals surface area contributed by atoms with E-state index in [9.17, 15) is 22.8 Å². The molecule has 0 aromatic heterocycles. The maximum absolute atomic E-state index is 10.3. The highest BCUT2D eigenvalue weighted by atomic mass is 32.2. The summed E-state index contributed by atoms with van der Waals surface area (Å²) in [5.41, 5.74) is -2.74. The van der Waals surface area contributed by atoms with E-state index in [1.807, 2.05) is 0 Å². The fourth-order valence-corrected chi connectivity index (χ4v) is 0.714. The van der Waals surface area contributed by atoms with Crippen molar-refractivity contribution in [3.05, 3.63) is 0 Å². The van der Waals surface area contributed by atoms with Crippen molar-refractivity contribution in [2.75, 3.05) is 0 Å². The predicted molar refractivity (Wildman–Crippen MR) is 54.4 cm³/mol. The number of carboxylic acid groups (broad SMARTS) is 3. The van der Waals surface area contributed by atoms with Gasteiger partial charge in [-0.2, -0.15) is 8.42 Å². The molecular weight excluding hydrogens is 276 g/mol. The summed E-state index contributed by atoms with van der Waals surface area (Å²) in [7, 11) is -3.67. The van der Waals surface area contributed by atoms with E-state index in [0.29, 0.717) is 0 Å².